The smallest absolute Gasteiger partial charge is 0.133 e. The van der Waals surface area contributed by atoms with Crippen LogP contribution in [0, 0.1) is 24.2 Å². The van der Waals surface area contributed by atoms with E-state index < -0.39 is 0 Å². The highest BCUT2D eigenvalue weighted by Gasteiger charge is 2.22. The van der Waals surface area contributed by atoms with Crippen molar-refractivity contribution >= 4 is 5.78 Å². The van der Waals surface area contributed by atoms with Gasteiger partial charge in [-0.25, -0.2) is 0 Å². The van der Waals surface area contributed by atoms with Gasteiger partial charge in [-0.2, -0.15) is 0 Å². The van der Waals surface area contributed by atoms with Crippen LogP contribution >= 0.6 is 0 Å². The van der Waals surface area contributed by atoms with Gasteiger partial charge in [-0.05, 0) is 18.8 Å². The Morgan fingerprint density at radius 2 is 2.45 bits per heavy atom. The number of carbonyl (C=O) groups is 1. The summed E-state index contributed by atoms with van der Waals surface area (Å²) in [5.74, 6) is 3.83. The number of carbonyl (C=O) groups excluding carboxylic acids is 1. The summed E-state index contributed by atoms with van der Waals surface area (Å²) in [5.41, 5.74) is 0. The number of hydrogen-bond acceptors (Lipinski definition) is 1. The van der Waals surface area contributed by atoms with Gasteiger partial charge in [0.2, 0.25) is 0 Å². The van der Waals surface area contributed by atoms with Crippen molar-refractivity contribution in [3.63, 3.8) is 0 Å². The number of ketones is 1. The summed E-state index contributed by atoms with van der Waals surface area (Å²) in [5, 5.41) is 0. The SMILES string of the molecule is C#CC(C)C1CCCC(=O)C1. The van der Waals surface area contributed by atoms with Crippen molar-refractivity contribution in [2.24, 2.45) is 11.8 Å². The molecule has 0 aromatic rings. The van der Waals surface area contributed by atoms with Crippen LogP contribution in [0.15, 0.2) is 0 Å². The maximum absolute atomic E-state index is 11.0. The molecule has 0 aromatic heterocycles. The molecule has 1 nitrogen and oxygen atoms in total. The first-order chi connectivity index (χ1) is 5.24. The van der Waals surface area contributed by atoms with Crippen LogP contribution in [-0.4, -0.2) is 5.78 Å². The molecular weight excluding hydrogens is 136 g/mol. The van der Waals surface area contributed by atoms with Crippen LogP contribution in [0.5, 0.6) is 0 Å². The first-order valence-corrected chi connectivity index (χ1v) is 4.22. The number of hydrogen-bond donors (Lipinski definition) is 0. The van der Waals surface area contributed by atoms with E-state index in [-0.39, 0.29) is 5.92 Å². The van der Waals surface area contributed by atoms with Crippen molar-refractivity contribution in [2.75, 3.05) is 0 Å². The van der Waals surface area contributed by atoms with Gasteiger partial charge in [0.05, 0.1) is 0 Å². The van der Waals surface area contributed by atoms with E-state index in [0.717, 1.165) is 19.3 Å². The highest BCUT2D eigenvalue weighted by Crippen LogP contribution is 2.27. The van der Waals surface area contributed by atoms with Crippen LogP contribution < -0.4 is 0 Å². The van der Waals surface area contributed by atoms with Gasteiger partial charge in [-0.1, -0.05) is 6.92 Å². The van der Waals surface area contributed by atoms with E-state index >= 15 is 0 Å². The zero-order chi connectivity index (χ0) is 8.27. The molecule has 0 heterocycles. The Labute approximate surface area is 68.2 Å². The van der Waals surface area contributed by atoms with Gasteiger partial charge in [-0.3, -0.25) is 4.79 Å². The van der Waals surface area contributed by atoms with E-state index in [1.807, 2.05) is 6.92 Å². The second-order valence-electron chi connectivity index (χ2n) is 3.35. The zero-order valence-corrected chi connectivity index (χ0v) is 6.97. The minimum atomic E-state index is 0.277. The van der Waals surface area contributed by atoms with Crippen molar-refractivity contribution < 1.29 is 4.79 Å². The fraction of sp³-hybridized carbons (Fsp3) is 0.700. The van der Waals surface area contributed by atoms with Crippen LogP contribution in [0.2, 0.25) is 0 Å². The Balaban J connectivity index is 2.47. The zero-order valence-electron chi connectivity index (χ0n) is 6.97. The largest absolute Gasteiger partial charge is 0.300 e. The maximum Gasteiger partial charge on any atom is 0.133 e. The van der Waals surface area contributed by atoms with E-state index in [1.54, 1.807) is 0 Å². The molecule has 0 saturated heterocycles. The summed E-state index contributed by atoms with van der Waals surface area (Å²) in [4.78, 5) is 11.0. The molecule has 2 atom stereocenters. The Kier molecular flexibility index (Phi) is 2.70. The third-order valence-electron chi connectivity index (χ3n) is 2.49. The normalized spacial score (nSPS) is 27.6. The highest BCUT2D eigenvalue weighted by molar-refractivity contribution is 5.79. The predicted molar refractivity (Wildman–Crippen MR) is 45.0 cm³/mol. The lowest BCUT2D eigenvalue weighted by Gasteiger charge is -2.23. The van der Waals surface area contributed by atoms with E-state index in [2.05, 4.69) is 5.92 Å². The quantitative estimate of drug-likeness (QED) is 0.522. The summed E-state index contributed by atoms with van der Waals surface area (Å²) in [6, 6.07) is 0. The molecule has 11 heavy (non-hydrogen) atoms. The molecule has 0 spiro atoms. The van der Waals surface area contributed by atoms with Crippen molar-refractivity contribution in [2.45, 2.75) is 32.6 Å². The van der Waals surface area contributed by atoms with E-state index in [1.165, 1.54) is 0 Å². The average molecular weight is 150 g/mol. The molecule has 1 aliphatic rings. The predicted octanol–water partition coefficient (Wildman–Crippen LogP) is 2.01. The Morgan fingerprint density at radius 1 is 1.73 bits per heavy atom. The molecule has 0 aliphatic heterocycles. The molecular formula is C10H14O. The summed E-state index contributed by atoms with van der Waals surface area (Å²) in [6.07, 6.45) is 8.95. The summed E-state index contributed by atoms with van der Waals surface area (Å²) in [7, 11) is 0. The Morgan fingerprint density at radius 3 is 3.00 bits per heavy atom. The molecule has 2 unspecified atom stereocenters. The minimum absolute atomic E-state index is 0.277. The van der Waals surface area contributed by atoms with E-state index in [4.69, 9.17) is 6.42 Å². The van der Waals surface area contributed by atoms with Crippen LogP contribution in [0.1, 0.15) is 32.6 Å². The van der Waals surface area contributed by atoms with Crippen molar-refractivity contribution in [1.82, 2.24) is 0 Å². The fourth-order valence-electron chi connectivity index (χ4n) is 1.62. The van der Waals surface area contributed by atoms with E-state index in [0.29, 0.717) is 18.1 Å². The lowest BCUT2D eigenvalue weighted by molar-refractivity contribution is -0.121. The van der Waals surface area contributed by atoms with Crippen molar-refractivity contribution in [3.05, 3.63) is 0 Å². The molecule has 0 bridgehead atoms. The molecule has 1 rings (SSSR count). The molecule has 1 saturated carbocycles. The van der Waals surface area contributed by atoms with Crippen molar-refractivity contribution in [3.8, 4) is 12.3 Å². The second kappa shape index (κ2) is 3.57. The average Bonchev–Trinajstić information content (AvgIpc) is 2.03. The van der Waals surface area contributed by atoms with Crippen molar-refractivity contribution in [1.29, 1.82) is 0 Å². The van der Waals surface area contributed by atoms with Crippen LogP contribution in [-0.2, 0) is 4.79 Å². The number of Topliss-reactive ketones (excluding diaryl/α,β-unsaturated/α-hetero) is 1. The molecule has 1 heteroatoms. The summed E-state index contributed by atoms with van der Waals surface area (Å²) in [6.45, 7) is 2.03. The molecule has 0 amide bonds. The third kappa shape index (κ3) is 2.08. The first-order valence-electron chi connectivity index (χ1n) is 4.22. The lowest BCUT2D eigenvalue weighted by atomic mass is 9.81. The van der Waals surface area contributed by atoms with Gasteiger partial charge in [0, 0.05) is 18.8 Å². The highest BCUT2D eigenvalue weighted by atomic mass is 16.1. The van der Waals surface area contributed by atoms with Crippen LogP contribution in [0.3, 0.4) is 0 Å². The monoisotopic (exact) mass is 150 g/mol. The van der Waals surface area contributed by atoms with Gasteiger partial charge < -0.3 is 0 Å². The molecule has 60 valence electrons. The minimum Gasteiger partial charge on any atom is -0.300 e. The van der Waals surface area contributed by atoms with Crippen LogP contribution in [0.4, 0.5) is 0 Å². The second-order valence-corrected chi connectivity index (χ2v) is 3.35. The van der Waals surface area contributed by atoms with Gasteiger partial charge in [0.25, 0.3) is 0 Å². The Hall–Kier alpha value is -0.770. The third-order valence-corrected chi connectivity index (χ3v) is 2.49. The molecule has 0 N–H and O–H groups in total. The summed E-state index contributed by atoms with van der Waals surface area (Å²) < 4.78 is 0. The molecule has 1 fully saturated rings. The standard InChI is InChI=1S/C10H14O/c1-3-8(2)9-5-4-6-10(11)7-9/h1,8-9H,4-7H2,2H3. The molecule has 0 aromatic carbocycles. The number of rotatable bonds is 1. The topological polar surface area (TPSA) is 17.1 Å². The Bertz CT molecular complexity index is 188. The first kappa shape index (κ1) is 8.33. The lowest BCUT2D eigenvalue weighted by Crippen LogP contribution is -2.19. The molecule has 0 radical (unpaired) electrons. The summed E-state index contributed by atoms with van der Waals surface area (Å²) >= 11 is 0. The van der Waals surface area contributed by atoms with Gasteiger partial charge in [-0.15, -0.1) is 12.3 Å². The number of terminal acetylenes is 1. The van der Waals surface area contributed by atoms with E-state index in [9.17, 15) is 4.79 Å². The van der Waals surface area contributed by atoms with Gasteiger partial charge in [0.1, 0.15) is 5.78 Å². The van der Waals surface area contributed by atoms with Crippen LogP contribution in [0.25, 0.3) is 0 Å². The van der Waals surface area contributed by atoms with Gasteiger partial charge >= 0.3 is 0 Å². The fourth-order valence-corrected chi connectivity index (χ4v) is 1.62. The maximum atomic E-state index is 11.0. The molecule has 1 aliphatic carbocycles. The van der Waals surface area contributed by atoms with Gasteiger partial charge in [0.15, 0.2) is 0 Å².